The van der Waals surface area contributed by atoms with Crippen molar-refractivity contribution in [3.8, 4) is 5.75 Å². The molecule has 0 aliphatic carbocycles. The zero-order valence-electron chi connectivity index (χ0n) is 8.92. The number of rotatable bonds is 1. The third-order valence-corrected chi connectivity index (χ3v) is 2.69. The number of aryl methyl sites for hydroxylation is 2. The number of phenolic OH excluding ortho intramolecular Hbond substituents is 1. The number of carbonyl (C=O) groups is 1. The summed E-state index contributed by atoms with van der Waals surface area (Å²) in [6.07, 6.45) is 0. The number of fused-ring (bicyclic) bond motifs is 1. The van der Waals surface area contributed by atoms with Gasteiger partial charge in [-0.2, -0.15) is 0 Å². The molecule has 0 spiro atoms. The Labute approximate surface area is 87.3 Å². The Kier molecular flexibility index (Phi) is 2.03. The van der Waals surface area contributed by atoms with Crippen LogP contribution in [0.2, 0.25) is 0 Å². The van der Waals surface area contributed by atoms with E-state index in [1.165, 1.54) is 6.92 Å². The lowest BCUT2D eigenvalue weighted by Crippen LogP contribution is -1.92. The van der Waals surface area contributed by atoms with E-state index in [0.717, 1.165) is 11.3 Å². The number of ketones is 1. The van der Waals surface area contributed by atoms with Crippen LogP contribution >= 0.6 is 0 Å². The summed E-state index contributed by atoms with van der Waals surface area (Å²) in [7, 11) is 0. The maximum atomic E-state index is 11.2. The van der Waals surface area contributed by atoms with Crippen molar-refractivity contribution in [2.24, 2.45) is 0 Å². The SMILES string of the molecule is CC(=O)c1ccc2oc(C)c(C)c2c1O. The molecule has 15 heavy (non-hydrogen) atoms. The summed E-state index contributed by atoms with van der Waals surface area (Å²) in [4.78, 5) is 11.2. The third-order valence-electron chi connectivity index (χ3n) is 2.69. The number of hydrogen-bond acceptors (Lipinski definition) is 3. The number of carbonyl (C=O) groups excluding carboxylic acids is 1. The first-order valence-electron chi connectivity index (χ1n) is 4.75. The van der Waals surface area contributed by atoms with Crippen molar-refractivity contribution in [2.75, 3.05) is 0 Å². The fourth-order valence-corrected chi connectivity index (χ4v) is 1.72. The first kappa shape index (κ1) is 9.77. The summed E-state index contributed by atoms with van der Waals surface area (Å²) in [5.41, 5.74) is 1.84. The normalized spacial score (nSPS) is 10.9. The van der Waals surface area contributed by atoms with Crippen LogP contribution in [0.15, 0.2) is 16.5 Å². The molecule has 1 aromatic heterocycles. The largest absolute Gasteiger partial charge is 0.506 e. The molecule has 3 heteroatoms. The summed E-state index contributed by atoms with van der Waals surface area (Å²) in [6, 6.07) is 3.30. The molecule has 0 saturated heterocycles. The van der Waals surface area contributed by atoms with Gasteiger partial charge >= 0.3 is 0 Å². The highest BCUT2D eigenvalue weighted by Crippen LogP contribution is 2.34. The molecule has 0 amide bonds. The fraction of sp³-hybridized carbons (Fsp3) is 0.250. The van der Waals surface area contributed by atoms with E-state index in [-0.39, 0.29) is 11.5 Å². The van der Waals surface area contributed by atoms with Crippen LogP contribution in [0.25, 0.3) is 11.0 Å². The Bertz CT molecular complexity index is 549. The van der Waals surface area contributed by atoms with Gasteiger partial charge in [-0.15, -0.1) is 0 Å². The molecule has 0 fully saturated rings. The first-order chi connectivity index (χ1) is 7.02. The predicted octanol–water partition coefficient (Wildman–Crippen LogP) is 2.96. The van der Waals surface area contributed by atoms with Crippen molar-refractivity contribution in [1.29, 1.82) is 0 Å². The monoisotopic (exact) mass is 204 g/mol. The van der Waals surface area contributed by atoms with Crippen LogP contribution in [-0.4, -0.2) is 10.9 Å². The lowest BCUT2D eigenvalue weighted by molar-refractivity contribution is 0.101. The quantitative estimate of drug-likeness (QED) is 0.726. The molecule has 0 radical (unpaired) electrons. The zero-order valence-corrected chi connectivity index (χ0v) is 8.92. The van der Waals surface area contributed by atoms with E-state index in [2.05, 4.69) is 0 Å². The van der Waals surface area contributed by atoms with Crippen LogP contribution in [0.5, 0.6) is 5.75 Å². The minimum absolute atomic E-state index is 0.0225. The summed E-state index contributed by atoms with van der Waals surface area (Å²) >= 11 is 0. The molecule has 1 aromatic carbocycles. The van der Waals surface area contributed by atoms with E-state index in [1.54, 1.807) is 12.1 Å². The Balaban J connectivity index is 2.88. The second kappa shape index (κ2) is 3.12. The van der Waals surface area contributed by atoms with E-state index in [0.29, 0.717) is 16.5 Å². The number of Topliss-reactive ketones (excluding diaryl/α,β-unsaturated/α-hetero) is 1. The Morgan fingerprint density at radius 1 is 1.33 bits per heavy atom. The molecular formula is C12H12O3. The molecule has 0 saturated carbocycles. The molecule has 0 aliphatic rings. The Morgan fingerprint density at radius 3 is 2.60 bits per heavy atom. The van der Waals surface area contributed by atoms with Crippen molar-refractivity contribution in [3.63, 3.8) is 0 Å². The van der Waals surface area contributed by atoms with Crippen LogP contribution in [0.3, 0.4) is 0 Å². The lowest BCUT2D eigenvalue weighted by atomic mass is 10.0. The van der Waals surface area contributed by atoms with Crippen molar-refractivity contribution in [2.45, 2.75) is 20.8 Å². The molecular weight excluding hydrogens is 192 g/mol. The maximum Gasteiger partial charge on any atom is 0.163 e. The average molecular weight is 204 g/mol. The minimum Gasteiger partial charge on any atom is -0.506 e. The lowest BCUT2D eigenvalue weighted by Gasteiger charge is -2.01. The topological polar surface area (TPSA) is 50.4 Å². The molecule has 0 bridgehead atoms. The van der Waals surface area contributed by atoms with Gasteiger partial charge < -0.3 is 9.52 Å². The fourth-order valence-electron chi connectivity index (χ4n) is 1.72. The van der Waals surface area contributed by atoms with Gasteiger partial charge in [0.05, 0.1) is 10.9 Å². The summed E-state index contributed by atoms with van der Waals surface area (Å²) in [6.45, 7) is 5.14. The van der Waals surface area contributed by atoms with Gasteiger partial charge in [-0.1, -0.05) is 0 Å². The predicted molar refractivity (Wildman–Crippen MR) is 57.4 cm³/mol. The van der Waals surface area contributed by atoms with Gasteiger partial charge in [-0.25, -0.2) is 0 Å². The van der Waals surface area contributed by atoms with Gasteiger partial charge in [0.2, 0.25) is 0 Å². The van der Waals surface area contributed by atoms with Gasteiger partial charge in [0.1, 0.15) is 17.1 Å². The second-order valence-corrected chi connectivity index (χ2v) is 3.67. The Morgan fingerprint density at radius 2 is 2.00 bits per heavy atom. The van der Waals surface area contributed by atoms with E-state index < -0.39 is 0 Å². The Hall–Kier alpha value is -1.77. The van der Waals surface area contributed by atoms with Crippen molar-refractivity contribution < 1.29 is 14.3 Å². The number of furan rings is 1. The highest BCUT2D eigenvalue weighted by atomic mass is 16.3. The van der Waals surface area contributed by atoms with Crippen LogP contribution in [0, 0.1) is 13.8 Å². The molecule has 2 aromatic rings. The van der Waals surface area contributed by atoms with Crippen LogP contribution in [0.1, 0.15) is 28.6 Å². The smallest absolute Gasteiger partial charge is 0.163 e. The van der Waals surface area contributed by atoms with Crippen molar-refractivity contribution in [1.82, 2.24) is 0 Å². The van der Waals surface area contributed by atoms with Crippen molar-refractivity contribution >= 4 is 16.8 Å². The van der Waals surface area contributed by atoms with Crippen LogP contribution in [-0.2, 0) is 0 Å². The molecule has 1 N–H and O–H groups in total. The second-order valence-electron chi connectivity index (χ2n) is 3.67. The van der Waals surface area contributed by atoms with E-state index in [4.69, 9.17) is 4.42 Å². The average Bonchev–Trinajstić information content (AvgIpc) is 2.43. The van der Waals surface area contributed by atoms with E-state index in [1.807, 2.05) is 13.8 Å². The summed E-state index contributed by atoms with van der Waals surface area (Å²) < 4.78 is 5.44. The van der Waals surface area contributed by atoms with Crippen LogP contribution in [0.4, 0.5) is 0 Å². The molecule has 0 unspecified atom stereocenters. The molecule has 0 aliphatic heterocycles. The van der Waals surface area contributed by atoms with Crippen LogP contribution < -0.4 is 0 Å². The van der Waals surface area contributed by atoms with Gasteiger partial charge in [0.25, 0.3) is 0 Å². The third kappa shape index (κ3) is 1.31. The number of hydrogen-bond donors (Lipinski definition) is 1. The number of aromatic hydroxyl groups is 1. The summed E-state index contributed by atoms with van der Waals surface area (Å²) in [5.74, 6) is 0.642. The van der Waals surface area contributed by atoms with E-state index in [9.17, 15) is 9.90 Å². The highest BCUT2D eigenvalue weighted by Gasteiger charge is 2.16. The maximum absolute atomic E-state index is 11.2. The van der Waals surface area contributed by atoms with Crippen molar-refractivity contribution in [3.05, 3.63) is 29.0 Å². The molecule has 78 valence electrons. The summed E-state index contributed by atoms with van der Waals surface area (Å²) in [5, 5.41) is 10.6. The highest BCUT2D eigenvalue weighted by molar-refractivity contribution is 6.03. The van der Waals surface area contributed by atoms with E-state index >= 15 is 0 Å². The number of benzene rings is 1. The standard InChI is InChI=1S/C12H12O3/c1-6-8(3)15-10-5-4-9(7(2)13)12(14)11(6)10/h4-5,14H,1-3H3. The first-order valence-corrected chi connectivity index (χ1v) is 4.75. The van der Waals surface area contributed by atoms with Gasteiger partial charge in [0, 0.05) is 5.56 Å². The molecule has 2 rings (SSSR count). The zero-order chi connectivity index (χ0) is 11.2. The van der Waals surface area contributed by atoms with Gasteiger partial charge in [-0.05, 0) is 32.9 Å². The van der Waals surface area contributed by atoms with Gasteiger partial charge in [-0.3, -0.25) is 4.79 Å². The minimum atomic E-state index is -0.146. The number of phenols is 1. The molecule has 1 heterocycles. The van der Waals surface area contributed by atoms with Gasteiger partial charge in [0.15, 0.2) is 5.78 Å². The molecule has 0 atom stereocenters. The molecule has 3 nitrogen and oxygen atoms in total.